The van der Waals surface area contributed by atoms with Crippen molar-refractivity contribution in [2.45, 2.75) is 31.0 Å². The van der Waals surface area contributed by atoms with Gasteiger partial charge in [0.2, 0.25) is 17.7 Å². The monoisotopic (exact) mass is 490 g/mol. The summed E-state index contributed by atoms with van der Waals surface area (Å²) >= 11 is 5.92. The van der Waals surface area contributed by atoms with Gasteiger partial charge < -0.3 is 20.3 Å². The third-order valence-corrected chi connectivity index (χ3v) is 6.42. The van der Waals surface area contributed by atoms with E-state index in [2.05, 4.69) is 15.6 Å². The smallest absolute Gasteiger partial charge is 0.257 e. The van der Waals surface area contributed by atoms with Crippen LogP contribution < -0.4 is 15.4 Å². The highest BCUT2D eigenvalue weighted by molar-refractivity contribution is 6.30. The maximum atomic E-state index is 13.1. The average Bonchev–Trinajstić information content (AvgIpc) is 3.29. The Hall–Kier alpha value is -3.91. The Balaban J connectivity index is 1.26. The molecule has 0 spiro atoms. The number of fused-ring (bicyclic) bond motifs is 1. The Morgan fingerprint density at radius 3 is 2.63 bits per heavy atom. The highest BCUT2D eigenvalue weighted by Crippen LogP contribution is 2.27. The van der Waals surface area contributed by atoms with Gasteiger partial charge in [-0.3, -0.25) is 14.4 Å². The summed E-state index contributed by atoms with van der Waals surface area (Å²) < 4.78 is 5.79. The van der Waals surface area contributed by atoms with E-state index in [9.17, 15) is 14.4 Å². The first-order valence-electron chi connectivity index (χ1n) is 11.3. The summed E-state index contributed by atoms with van der Waals surface area (Å²) in [5.41, 5.74) is 1.23. The lowest BCUT2D eigenvalue weighted by atomic mass is 10.0. The number of benzene rings is 2. The van der Waals surface area contributed by atoms with Crippen molar-refractivity contribution < 1.29 is 19.1 Å². The van der Waals surface area contributed by atoms with Crippen LogP contribution in [0.3, 0.4) is 0 Å². The molecule has 2 N–H and O–H groups in total. The maximum Gasteiger partial charge on any atom is 0.257 e. The normalized spacial score (nSPS) is 21.3. The summed E-state index contributed by atoms with van der Waals surface area (Å²) in [6.45, 7) is 0.265. The zero-order valence-electron chi connectivity index (χ0n) is 18.7. The molecule has 0 aliphatic carbocycles. The minimum Gasteiger partial charge on any atom is -0.438 e. The van der Waals surface area contributed by atoms with Crippen LogP contribution in [-0.2, 0) is 16.0 Å². The van der Waals surface area contributed by atoms with Gasteiger partial charge in [-0.1, -0.05) is 41.9 Å². The van der Waals surface area contributed by atoms with Gasteiger partial charge in [0.25, 0.3) is 5.91 Å². The molecule has 2 aromatic carbocycles. The van der Waals surface area contributed by atoms with E-state index >= 15 is 0 Å². The molecule has 1 aromatic heterocycles. The summed E-state index contributed by atoms with van der Waals surface area (Å²) in [6, 6.07) is 18.0. The van der Waals surface area contributed by atoms with Crippen molar-refractivity contribution in [3.05, 3.63) is 89.1 Å². The first kappa shape index (κ1) is 22.9. The summed E-state index contributed by atoms with van der Waals surface area (Å²) in [5, 5.41) is 6.36. The van der Waals surface area contributed by atoms with Crippen molar-refractivity contribution in [2.75, 3.05) is 6.54 Å². The Bertz CT molecular complexity index is 1250. The fraction of sp³-hybridized carbons (Fsp3) is 0.231. The Kier molecular flexibility index (Phi) is 6.37. The highest BCUT2D eigenvalue weighted by atomic mass is 35.5. The van der Waals surface area contributed by atoms with Crippen molar-refractivity contribution in [1.82, 2.24) is 20.5 Å². The van der Waals surface area contributed by atoms with Crippen LogP contribution >= 0.6 is 11.6 Å². The van der Waals surface area contributed by atoms with Gasteiger partial charge in [-0.05, 0) is 48.4 Å². The van der Waals surface area contributed by atoms with Gasteiger partial charge in [0.15, 0.2) is 0 Å². The number of pyridine rings is 1. The summed E-state index contributed by atoms with van der Waals surface area (Å²) in [6.07, 6.45) is 2.30. The number of halogens is 1. The molecule has 2 aliphatic rings. The van der Waals surface area contributed by atoms with E-state index in [1.165, 1.54) is 6.20 Å². The lowest BCUT2D eigenvalue weighted by Gasteiger charge is -2.34. The number of amides is 3. The lowest BCUT2D eigenvalue weighted by molar-refractivity contribution is -0.147. The maximum absolute atomic E-state index is 13.1. The Morgan fingerprint density at radius 1 is 1.09 bits per heavy atom. The fourth-order valence-electron chi connectivity index (χ4n) is 4.47. The van der Waals surface area contributed by atoms with Crippen LogP contribution in [0.2, 0.25) is 5.02 Å². The van der Waals surface area contributed by atoms with E-state index in [0.717, 1.165) is 5.56 Å². The number of rotatable bonds is 6. The molecular weight excluding hydrogens is 468 g/mol. The largest absolute Gasteiger partial charge is 0.438 e. The van der Waals surface area contributed by atoms with Crippen molar-refractivity contribution >= 4 is 29.3 Å². The molecule has 8 nitrogen and oxygen atoms in total. The molecule has 0 radical (unpaired) electrons. The number of carbonyl (C=O) groups excluding carboxylic acids is 3. The van der Waals surface area contributed by atoms with Crippen LogP contribution in [0.1, 0.15) is 22.3 Å². The first-order chi connectivity index (χ1) is 17.0. The average molecular weight is 491 g/mol. The minimum absolute atomic E-state index is 0.136. The Morgan fingerprint density at radius 2 is 1.86 bits per heavy atom. The summed E-state index contributed by atoms with van der Waals surface area (Å²) in [5.74, 6) is -0.0778. The number of nitrogens with one attached hydrogen (secondary N) is 2. The zero-order chi connectivity index (χ0) is 24.4. The van der Waals surface area contributed by atoms with Crippen LogP contribution in [0.15, 0.2) is 72.9 Å². The van der Waals surface area contributed by atoms with Crippen LogP contribution in [0.4, 0.5) is 0 Å². The number of nitrogens with zero attached hydrogens (tertiary/aromatic N) is 2. The van der Waals surface area contributed by atoms with Crippen molar-refractivity contribution in [2.24, 2.45) is 0 Å². The molecular formula is C26H23ClN4O4. The van der Waals surface area contributed by atoms with E-state index in [1.54, 1.807) is 41.3 Å². The van der Waals surface area contributed by atoms with Gasteiger partial charge in [0.05, 0.1) is 0 Å². The van der Waals surface area contributed by atoms with Gasteiger partial charge in [-0.2, -0.15) is 0 Å². The SMILES string of the molecule is O=C(N[C@H]1C[C@H]2C(=O)N[C@@H](Cc3ccccc3)C(=O)N2C1)c1cccnc1Oc1ccc(Cl)cc1. The molecule has 35 heavy (non-hydrogen) atoms. The molecule has 0 unspecified atom stereocenters. The molecule has 5 rings (SSSR count). The van der Waals surface area contributed by atoms with Crippen LogP contribution in [0, 0.1) is 0 Å². The third kappa shape index (κ3) is 4.97. The molecule has 9 heteroatoms. The van der Waals surface area contributed by atoms with Crippen LogP contribution in [0.25, 0.3) is 0 Å². The van der Waals surface area contributed by atoms with E-state index in [-0.39, 0.29) is 41.8 Å². The topological polar surface area (TPSA) is 101 Å². The van der Waals surface area contributed by atoms with E-state index in [4.69, 9.17) is 16.3 Å². The predicted octanol–water partition coefficient (Wildman–Crippen LogP) is 2.97. The summed E-state index contributed by atoms with van der Waals surface area (Å²) in [7, 11) is 0. The van der Waals surface area contributed by atoms with Crippen molar-refractivity contribution in [1.29, 1.82) is 0 Å². The lowest BCUT2D eigenvalue weighted by Crippen LogP contribution is -2.61. The standard InChI is InChI=1S/C26H23ClN4O4/c27-17-8-10-19(11-9-17)35-25-20(7-4-12-28-25)23(32)29-18-14-22-24(33)30-21(26(34)31(22)15-18)13-16-5-2-1-3-6-16/h1-12,18,21-22H,13-15H2,(H,29,32)(H,30,33)/t18-,21-,22-/m0/s1. The third-order valence-electron chi connectivity index (χ3n) is 6.16. The number of carbonyl (C=O) groups is 3. The summed E-state index contributed by atoms with van der Waals surface area (Å²) in [4.78, 5) is 44.7. The molecule has 178 valence electrons. The Labute approximate surface area is 207 Å². The fourth-order valence-corrected chi connectivity index (χ4v) is 4.60. The molecule has 3 atom stereocenters. The molecule has 3 amide bonds. The molecule has 0 saturated carbocycles. The number of hydrogen-bond acceptors (Lipinski definition) is 5. The highest BCUT2D eigenvalue weighted by Gasteiger charge is 2.46. The number of aromatic nitrogens is 1. The zero-order valence-corrected chi connectivity index (χ0v) is 19.4. The molecule has 3 aromatic rings. The molecule has 2 aliphatic heterocycles. The van der Waals surface area contributed by atoms with Gasteiger partial charge >= 0.3 is 0 Å². The number of hydrogen-bond donors (Lipinski definition) is 2. The van der Waals surface area contributed by atoms with Gasteiger partial charge in [-0.25, -0.2) is 4.98 Å². The predicted molar refractivity (Wildman–Crippen MR) is 129 cm³/mol. The minimum atomic E-state index is -0.617. The second-order valence-corrected chi connectivity index (χ2v) is 9.01. The second-order valence-electron chi connectivity index (χ2n) is 8.58. The van der Waals surface area contributed by atoms with E-state index in [0.29, 0.717) is 23.6 Å². The molecule has 2 fully saturated rings. The van der Waals surface area contributed by atoms with Gasteiger partial charge in [0, 0.05) is 30.2 Å². The van der Waals surface area contributed by atoms with Crippen molar-refractivity contribution in [3.63, 3.8) is 0 Å². The number of piperazine rings is 1. The van der Waals surface area contributed by atoms with Crippen molar-refractivity contribution in [3.8, 4) is 11.6 Å². The van der Waals surface area contributed by atoms with Crippen LogP contribution in [0.5, 0.6) is 11.6 Å². The van der Waals surface area contributed by atoms with E-state index < -0.39 is 12.1 Å². The van der Waals surface area contributed by atoms with E-state index in [1.807, 2.05) is 30.3 Å². The molecule has 3 heterocycles. The quantitative estimate of drug-likeness (QED) is 0.553. The molecule has 0 bridgehead atoms. The second kappa shape index (κ2) is 9.76. The van der Waals surface area contributed by atoms with Crippen LogP contribution in [-0.4, -0.2) is 52.3 Å². The molecule has 2 saturated heterocycles. The number of ether oxygens (including phenoxy) is 1. The van der Waals surface area contributed by atoms with Gasteiger partial charge in [0.1, 0.15) is 23.4 Å². The van der Waals surface area contributed by atoms with Gasteiger partial charge in [-0.15, -0.1) is 0 Å². The first-order valence-corrected chi connectivity index (χ1v) is 11.7.